The standard InChI is InChI=1S/C22H26FN5OS/c1-3-14-6-4-5-7-18(21(14)23)28(2)20-11-10-17(25-26-20)16-9-8-15(12-19(16)29)22-27-24-13-30-22/h8-14,18,21,29H,3-7H2,1-2H3/t14-,18+,21-/m1/s1. The van der Waals surface area contributed by atoms with Gasteiger partial charge in [0.1, 0.15) is 22.4 Å². The lowest BCUT2D eigenvalue weighted by Crippen LogP contribution is -2.42. The quantitative estimate of drug-likeness (QED) is 0.570. The van der Waals surface area contributed by atoms with Gasteiger partial charge in [-0.15, -0.1) is 20.4 Å². The topological polar surface area (TPSA) is 75.0 Å². The second kappa shape index (κ2) is 9.04. The second-order valence-electron chi connectivity index (χ2n) is 7.83. The van der Waals surface area contributed by atoms with E-state index in [9.17, 15) is 5.11 Å². The number of alkyl halides is 1. The van der Waals surface area contributed by atoms with E-state index in [4.69, 9.17) is 0 Å². The van der Waals surface area contributed by atoms with Gasteiger partial charge in [0.2, 0.25) is 0 Å². The molecule has 3 atom stereocenters. The molecule has 0 spiro atoms. The van der Waals surface area contributed by atoms with Crippen LogP contribution in [-0.4, -0.2) is 44.8 Å². The number of aromatic nitrogens is 4. The number of nitrogens with zero attached hydrogens (tertiary/aromatic N) is 5. The molecule has 4 rings (SSSR count). The van der Waals surface area contributed by atoms with Crippen molar-refractivity contribution in [2.24, 2.45) is 5.92 Å². The summed E-state index contributed by atoms with van der Waals surface area (Å²) in [6.45, 7) is 2.07. The molecule has 3 aromatic rings. The van der Waals surface area contributed by atoms with E-state index in [1.807, 2.05) is 30.1 Å². The number of phenols is 1. The third-order valence-electron chi connectivity index (χ3n) is 6.06. The molecule has 0 amide bonds. The molecule has 1 N–H and O–H groups in total. The predicted octanol–water partition coefficient (Wildman–Crippen LogP) is 5.11. The molecule has 0 unspecified atom stereocenters. The SMILES string of the molecule is CC[C@@H]1CCCC[C@H](N(C)c2ccc(-c3ccc(-c4nncs4)cc3O)nn2)[C@@H]1F. The minimum atomic E-state index is -0.860. The summed E-state index contributed by atoms with van der Waals surface area (Å²) in [5.74, 6) is 0.861. The molecule has 2 aromatic heterocycles. The van der Waals surface area contributed by atoms with Crippen LogP contribution in [0, 0.1) is 5.92 Å². The number of phenolic OH excluding ortho intramolecular Hbond substituents is 1. The van der Waals surface area contributed by atoms with Gasteiger partial charge in [-0.2, -0.15) is 0 Å². The van der Waals surface area contributed by atoms with Crippen molar-refractivity contribution in [3.05, 3.63) is 35.8 Å². The minimum absolute atomic E-state index is 0.107. The van der Waals surface area contributed by atoms with Crippen LogP contribution in [0.4, 0.5) is 10.2 Å². The molecule has 8 heteroatoms. The van der Waals surface area contributed by atoms with Gasteiger partial charge in [-0.25, -0.2) is 4.39 Å². The number of aromatic hydroxyl groups is 1. The van der Waals surface area contributed by atoms with Crippen LogP contribution in [0.25, 0.3) is 21.8 Å². The van der Waals surface area contributed by atoms with Gasteiger partial charge in [-0.1, -0.05) is 43.6 Å². The summed E-state index contributed by atoms with van der Waals surface area (Å²) in [6.07, 6.45) is 3.90. The van der Waals surface area contributed by atoms with Crippen LogP contribution in [0.2, 0.25) is 0 Å². The Labute approximate surface area is 179 Å². The fourth-order valence-electron chi connectivity index (χ4n) is 4.24. The zero-order valence-corrected chi connectivity index (χ0v) is 18.0. The van der Waals surface area contributed by atoms with Crippen LogP contribution >= 0.6 is 11.3 Å². The average molecular weight is 428 g/mol. The lowest BCUT2D eigenvalue weighted by Gasteiger charge is -2.33. The van der Waals surface area contributed by atoms with E-state index in [0.29, 0.717) is 17.1 Å². The molecular formula is C22H26FN5OS. The molecule has 1 fully saturated rings. The zero-order chi connectivity index (χ0) is 21.1. The zero-order valence-electron chi connectivity index (χ0n) is 17.2. The van der Waals surface area contributed by atoms with E-state index in [1.165, 1.54) is 11.3 Å². The van der Waals surface area contributed by atoms with Gasteiger partial charge >= 0.3 is 0 Å². The van der Waals surface area contributed by atoms with Gasteiger partial charge in [-0.05, 0) is 43.0 Å². The Morgan fingerprint density at radius 3 is 2.63 bits per heavy atom. The van der Waals surface area contributed by atoms with Crippen LogP contribution in [0.15, 0.2) is 35.8 Å². The van der Waals surface area contributed by atoms with Gasteiger partial charge < -0.3 is 10.0 Å². The summed E-state index contributed by atoms with van der Waals surface area (Å²) in [4.78, 5) is 1.92. The summed E-state index contributed by atoms with van der Waals surface area (Å²) in [5.41, 5.74) is 3.61. The predicted molar refractivity (Wildman–Crippen MR) is 117 cm³/mol. The molecule has 1 aliphatic carbocycles. The van der Waals surface area contributed by atoms with Crippen LogP contribution < -0.4 is 4.90 Å². The Hall–Kier alpha value is -2.61. The maximum Gasteiger partial charge on any atom is 0.151 e. The Morgan fingerprint density at radius 2 is 1.97 bits per heavy atom. The van der Waals surface area contributed by atoms with E-state index in [2.05, 4.69) is 27.3 Å². The Bertz CT molecular complexity index is 966. The summed E-state index contributed by atoms with van der Waals surface area (Å²) < 4.78 is 15.1. The van der Waals surface area contributed by atoms with Crippen LogP contribution in [0.3, 0.4) is 0 Å². The molecule has 1 aliphatic rings. The van der Waals surface area contributed by atoms with Crippen molar-refractivity contribution in [1.82, 2.24) is 20.4 Å². The largest absolute Gasteiger partial charge is 0.507 e. The van der Waals surface area contributed by atoms with Gasteiger partial charge in [0.05, 0.1) is 11.7 Å². The van der Waals surface area contributed by atoms with Crippen molar-refractivity contribution in [1.29, 1.82) is 0 Å². The summed E-state index contributed by atoms with van der Waals surface area (Å²) >= 11 is 1.41. The molecule has 30 heavy (non-hydrogen) atoms. The van der Waals surface area contributed by atoms with E-state index in [-0.39, 0.29) is 17.7 Å². The number of rotatable bonds is 5. The first-order chi connectivity index (χ1) is 14.6. The van der Waals surface area contributed by atoms with Crippen molar-refractivity contribution in [2.45, 2.75) is 51.2 Å². The lowest BCUT2D eigenvalue weighted by molar-refractivity contribution is 0.184. The molecule has 0 bridgehead atoms. The summed E-state index contributed by atoms with van der Waals surface area (Å²) in [6, 6.07) is 8.81. The third-order valence-corrected chi connectivity index (χ3v) is 6.80. The first kappa shape index (κ1) is 20.7. The molecule has 1 saturated carbocycles. The highest BCUT2D eigenvalue weighted by Gasteiger charge is 2.33. The number of benzene rings is 1. The number of hydrogen-bond donors (Lipinski definition) is 1. The first-order valence-corrected chi connectivity index (χ1v) is 11.3. The van der Waals surface area contributed by atoms with Gasteiger partial charge in [0, 0.05) is 18.2 Å². The highest BCUT2D eigenvalue weighted by atomic mass is 32.1. The molecule has 158 valence electrons. The smallest absolute Gasteiger partial charge is 0.151 e. The molecular weight excluding hydrogens is 401 g/mol. The average Bonchev–Trinajstić information content (AvgIpc) is 3.24. The van der Waals surface area contributed by atoms with Crippen molar-refractivity contribution in [3.8, 4) is 27.6 Å². The molecule has 0 aliphatic heterocycles. The van der Waals surface area contributed by atoms with Crippen molar-refractivity contribution in [3.63, 3.8) is 0 Å². The molecule has 0 radical (unpaired) electrons. The van der Waals surface area contributed by atoms with Gasteiger partial charge in [-0.3, -0.25) is 0 Å². The molecule has 2 heterocycles. The number of hydrogen-bond acceptors (Lipinski definition) is 7. The van der Waals surface area contributed by atoms with Gasteiger partial charge in [0.25, 0.3) is 0 Å². The molecule has 1 aromatic carbocycles. The van der Waals surface area contributed by atoms with Crippen LogP contribution in [0.1, 0.15) is 39.0 Å². The second-order valence-corrected chi connectivity index (χ2v) is 8.66. The minimum Gasteiger partial charge on any atom is -0.507 e. The van der Waals surface area contributed by atoms with Crippen LogP contribution in [0.5, 0.6) is 5.75 Å². The highest BCUT2D eigenvalue weighted by Crippen LogP contribution is 2.35. The fraction of sp³-hybridized carbons (Fsp3) is 0.455. The Kier molecular flexibility index (Phi) is 6.22. The van der Waals surface area contributed by atoms with Crippen molar-refractivity contribution in [2.75, 3.05) is 11.9 Å². The Morgan fingerprint density at radius 1 is 1.13 bits per heavy atom. The third kappa shape index (κ3) is 4.14. The number of anilines is 1. The summed E-state index contributed by atoms with van der Waals surface area (Å²) in [7, 11) is 1.90. The van der Waals surface area contributed by atoms with E-state index < -0.39 is 6.17 Å². The molecule has 0 saturated heterocycles. The van der Waals surface area contributed by atoms with E-state index in [1.54, 1.807) is 17.6 Å². The van der Waals surface area contributed by atoms with Crippen molar-refractivity contribution >= 4 is 17.2 Å². The lowest BCUT2D eigenvalue weighted by atomic mass is 9.93. The van der Waals surface area contributed by atoms with Gasteiger partial charge in [0.15, 0.2) is 5.82 Å². The molecule has 6 nitrogen and oxygen atoms in total. The first-order valence-electron chi connectivity index (χ1n) is 10.4. The summed E-state index contributed by atoms with van der Waals surface area (Å²) in [5, 5.41) is 27.7. The van der Waals surface area contributed by atoms with Crippen LogP contribution in [-0.2, 0) is 0 Å². The number of halogens is 1. The Balaban J connectivity index is 1.54. The normalized spacial score (nSPS) is 21.9. The maximum atomic E-state index is 15.1. The van der Waals surface area contributed by atoms with E-state index >= 15 is 4.39 Å². The monoisotopic (exact) mass is 427 g/mol. The fourth-order valence-corrected chi connectivity index (χ4v) is 4.79. The highest BCUT2D eigenvalue weighted by molar-refractivity contribution is 7.12. The maximum absolute atomic E-state index is 15.1. The van der Waals surface area contributed by atoms with E-state index in [0.717, 1.165) is 42.7 Å². The van der Waals surface area contributed by atoms with Crippen molar-refractivity contribution < 1.29 is 9.50 Å².